The number of carbonyl (C=O) groups excluding carboxylic acids is 3. The largest absolute Gasteiger partial charge is 1.00 e. The van der Waals surface area contributed by atoms with Gasteiger partial charge in [-0.3, -0.25) is 24.2 Å². The number of fused-ring (bicyclic) bond motifs is 9. The van der Waals surface area contributed by atoms with Crippen LogP contribution in [0.1, 0.15) is 155 Å². The molecule has 8 bridgehead atoms. The van der Waals surface area contributed by atoms with Gasteiger partial charge < -0.3 is 49.5 Å². The number of carboxylic acids is 1. The molecule has 8 aliphatic rings. The van der Waals surface area contributed by atoms with Gasteiger partial charge in [-0.05, 0) is 139 Å². The first kappa shape index (κ1) is 64.0. The number of benzene rings is 2. The van der Waals surface area contributed by atoms with E-state index in [1.165, 1.54) is 103 Å². The maximum absolute atomic E-state index is 13.7. The third-order valence-electron chi connectivity index (χ3n) is 17.9. The van der Waals surface area contributed by atoms with Crippen molar-refractivity contribution in [2.75, 3.05) is 57.3 Å². The normalized spacial score (nSPS) is 29.8. The number of morpholine rings is 2. The van der Waals surface area contributed by atoms with Gasteiger partial charge in [0, 0.05) is 61.3 Å². The van der Waals surface area contributed by atoms with Crippen LogP contribution in [0, 0.1) is 23.7 Å². The average molecular weight is 1130 g/mol. The number of nitrogens with one attached hydrogen (secondary N) is 1. The second-order valence-corrected chi connectivity index (χ2v) is 23.6. The van der Waals surface area contributed by atoms with Crippen molar-refractivity contribution in [3.8, 4) is 0 Å². The number of hydrogen-bond donors (Lipinski definition) is 3. The monoisotopic (exact) mass is 1130 g/mol. The summed E-state index contributed by atoms with van der Waals surface area (Å²) < 4.78 is 27.9. The number of anilines is 2. The van der Waals surface area contributed by atoms with Crippen LogP contribution in [0.2, 0.25) is 0 Å². The van der Waals surface area contributed by atoms with E-state index in [1.807, 2.05) is 41.0 Å². The number of esters is 3. The zero-order valence-corrected chi connectivity index (χ0v) is 50.8. The van der Waals surface area contributed by atoms with E-state index in [9.17, 15) is 24.3 Å². The fourth-order valence-electron chi connectivity index (χ4n) is 15.0. The van der Waals surface area contributed by atoms with E-state index in [1.54, 1.807) is 20.8 Å². The third kappa shape index (κ3) is 17.5. The molecule has 4 saturated carbocycles. The van der Waals surface area contributed by atoms with Gasteiger partial charge in [0.05, 0.1) is 75.1 Å². The molecule has 3 aromatic rings. The summed E-state index contributed by atoms with van der Waals surface area (Å²) in [5.74, 6) is -0.379. The van der Waals surface area contributed by atoms with E-state index in [0.29, 0.717) is 48.9 Å². The van der Waals surface area contributed by atoms with Gasteiger partial charge in [-0.25, -0.2) is 14.6 Å². The average Bonchev–Trinajstić information content (AvgIpc) is 3.73. The minimum absolute atomic E-state index is 0. The molecule has 18 nitrogen and oxygen atoms in total. The Morgan fingerprint density at radius 1 is 0.667 bits per heavy atom. The topological polar surface area (TPSA) is 237 Å². The fraction of sp³-hybridized carbons (Fsp3) is 0.677. The molecule has 81 heavy (non-hydrogen) atoms. The van der Waals surface area contributed by atoms with E-state index in [0.717, 1.165) is 98.3 Å². The first-order valence-electron chi connectivity index (χ1n) is 30.1. The summed E-state index contributed by atoms with van der Waals surface area (Å²) in [5.41, 5.74) is 9.87. The second-order valence-electron chi connectivity index (χ2n) is 23.6. The minimum atomic E-state index is -1.05. The summed E-state index contributed by atoms with van der Waals surface area (Å²) >= 11 is 0. The van der Waals surface area contributed by atoms with Gasteiger partial charge in [0.15, 0.2) is 0 Å². The number of hydrogen-bond acceptors (Lipinski definition) is 16. The van der Waals surface area contributed by atoms with Crippen molar-refractivity contribution in [1.82, 2.24) is 19.4 Å². The summed E-state index contributed by atoms with van der Waals surface area (Å²) in [6, 6.07) is 19.9. The van der Waals surface area contributed by atoms with Gasteiger partial charge >= 0.3 is 47.5 Å². The van der Waals surface area contributed by atoms with E-state index in [4.69, 9.17) is 29.8 Å². The molecular weight excluding hydrogens is 1040 g/mol. The first-order valence-corrected chi connectivity index (χ1v) is 30.1. The van der Waals surface area contributed by atoms with Crippen LogP contribution in [0.15, 0.2) is 65.2 Å². The van der Waals surface area contributed by atoms with Crippen LogP contribution < -0.4 is 51.3 Å². The van der Waals surface area contributed by atoms with Crippen molar-refractivity contribution in [3.63, 3.8) is 0 Å². The molecule has 440 valence electrons. The van der Waals surface area contributed by atoms with Crippen molar-refractivity contribution in [1.29, 1.82) is 0 Å². The predicted molar refractivity (Wildman–Crippen MR) is 303 cm³/mol. The van der Waals surface area contributed by atoms with Crippen LogP contribution in [-0.2, 0) is 49.3 Å². The number of rotatable bonds is 12. The van der Waals surface area contributed by atoms with Crippen LogP contribution in [0.4, 0.5) is 11.4 Å². The number of aromatic nitrogens is 2. The van der Waals surface area contributed by atoms with Crippen molar-refractivity contribution in [2.24, 2.45) is 23.7 Å². The number of nitrogen functional groups attached to an aromatic ring is 1. The van der Waals surface area contributed by atoms with Gasteiger partial charge in [0.25, 0.3) is 11.5 Å². The number of nitrogens with two attached hydrogens (primary N) is 1. The summed E-state index contributed by atoms with van der Waals surface area (Å²) in [5, 5.41) is 21.9. The molecule has 4 aliphatic heterocycles. The van der Waals surface area contributed by atoms with E-state index >= 15 is 0 Å². The van der Waals surface area contributed by atoms with Crippen LogP contribution in [0.3, 0.4) is 0 Å². The minimum Gasteiger partial charge on any atom is -0.867 e. The summed E-state index contributed by atoms with van der Waals surface area (Å²) in [7, 11) is 0. The zero-order chi connectivity index (χ0) is 56.7. The maximum Gasteiger partial charge on any atom is 1.00 e. The van der Waals surface area contributed by atoms with E-state index in [-0.39, 0.29) is 66.5 Å². The molecule has 6 unspecified atom stereocenters. The van der Waals surface area contributed by atoms with Gasteiger partial charge in [-0.2, -0.15) is 0 Å². The molecular formula is C62H89N6NaO12. The van der Waals surface area contributed by atoms with Crippen LogP contribution >= 0.6 is 0 Å². The number of nitrogens with zero attached hydrogens (tertiary/aromatic N) is 4. The molecule has 0 radical (unpaired) electrons. The van der Waals surface area contributed by atoms with Crippen LogP contribution in [0.5, 0.6) is 0 Å². The molecule has 0 spiro atoms. The van der Waals surface area contributed by atoms with Crippen molar-refractivity contribution < 1.29 is 82.6 Å². The Kier molecular flexibility index (Phi) is 24.8. The number of piperidine rings is 2. The first-order chi connectivity index (χ1) is 38.7. The Labute approximate surface area is 500 Å². The molecule has 4 N–H and O–H groups in total. The van der Waals surface area contributed by atoms with Crippen molar-refractivity contribution >= 4 is 46.3 Å². The maximum atomic E-state index is 13.7. The van der Waals surface area contributed by atoms with Gasteiger partial charge in [-0.15, -0.1) is 0 Å². The predicted octanol–water partition coefficient (Wildman–Crippen LogP) is 4.99. The summed E-state index contributed by atoms with van der Waals surface area (Å²) in [6.45, 7) is 9.88. The summed E-state index contributed by atoms with van der Waals surface area (Å²) in [6.07, 6.45) is 24.6. The summed E-state index contributed by atoms with van der Waals surface area (Å²) in [4.78, 5) is 66.6. The smallest absolute Gasteiger partial charge is 0.867 e. The Morgan fingerprint density at radius 2 is 1.14 bits per heavy atom. The van der Waals surface area contributed by atoms with Crippen LogP contribution in [0.25, 0.3) is 11.0 Å². The molecule has 8 fully saturated rings. The zero-order valence-electron chi connectivity index (χ0n) is 48.8. The molecule has 19 heteroatoms. The Balaban J connectivity index is 0.000000185. The van der Waals surface area contributed by atoms with Crippen molar-refractivity contribution in [2.45, 2.75) is 198 Å². The van der Waals surface area contributed by atoms with E-state index < -0.39 is 29.6 Å². The standard InChI is InChI=1S/C29H39N3O4.C23H35N3O.C8H12O5.C2H4O2.Na/c1-2-36-28(33)16-26-29(34)32(27-10-6-5-9-25(27)30-26)22-14-23-17-35-18-24(15-22)31(23)21-12-19-7-3-4-8-20(11-19)13-21;24-22-7-3-4-8-23(22)25-18-12-20-14-27-15-21(13-18)26(20)19-10-16-5-1-2-6-17(9-16)11-19;1-3-12-7(10)5-6(9)8(11)13-4-2;1-2(3)4;/h5-6,9-10,19-24H,2-4,7-8,11-18H2,1H3;3-4,7-8,16-21,25H,1-2,5-6,9-15,24H2;5,9H,3-4H2,1-2H3;1H3,(H,3,4);/q;;;;+1/p-1/b;;6-5-;;/t19?,20?,21?,22?,23-,24+;16?,17?,18?,19?,20-,21+;;;. The van der Waals surface area contributed by atoms with Gasteiger partial charge in [0.2, 0.25) is 0 Å². The molecule has 4 aliphatic carbocycles. The van der Waals surface area contributed by atoms with E-state index in [2.05, 4.69) is 41.7 Å². The number of carboxylic acid groups (broad SMARTS) is 1. The number of para-hydroxylation sites is 4. The molecule has 2 aromatic carbocycles. The number of carbonyl (C=O) groups is 4. The quantitative estimate of drug-likeness (QED) is 0.0541. The molecule has 11 rings (SSSR count). The third-order valence-corrected chi connectivity index (χ3v) is 17.9. The molecule has 10 atom stereocenters. The molecule has 5 heterocycles. The van der Waals surface area contributed by atoms with Crippen molar-refractivity contribution in [3.05, 3.63) is 76.4 Å². The fourth-order valence-corrected chi connectivity index (χ4v) is 15.0. The Bertz CT molecular complexity index is 2580. The SMILES string of the molecule is CC(=O)O.CCOC(=O)/C=C(\[O-])C(=O)OCC.CCOC(=O)Cc1nc2ccccc2n(C2C[C@H]3COC[C@@H](C2)N3C2CC3CCCCC(C3)C2)c1=O.Nc1ccccc1NC1C[C@H]2COC[C@@H](C1)N2C1CC2CCCCC(C2)C1.[Na+]. The molecule has 1 aromatic heterocycles. The molecule has 4 saturated heterocycles. The molecule has 0 amide bonds. The van der Waals surface area contributed by atoms with Gasteiger partial charge in [0.1, 0.15) is 5.69 Å². The second kappa shape index (κ2) is 31.4. The Hall–Kier alpha value is -4.56. The number of ether oxygens (including phenoxy) is 5. The Morgan fingerprint density at radius 3 is 1.63 bits per heavy atom. The number of aliphatic carboxylic acids is 1. The van der Waals surface area contributed by atoms with Crippen LogP contribution in [-0.4, -0.2) is 137 Å². The van der Waals surface area contributed by atoms with Gasteiger partial charge in [-0.1, -0.05) is 75.6 Å².